The molecule has 24 heavy (non-hydrogen) atoms. The molecule has 1 aliphatic rings. The lowest BCUT2D eigenvalue weighted by atomic mass is 9.84. The minimum Gasteiger partial charge on any atom is -0.361 e. The molecule has 132 valence electrons. The Kier molecular flexibility index (Phi) is 6.69. The second-order valence-electron chi connectivity index (χ2n) is 6.82. The number of aromatic amines is 1. The SMILES string of the molecule is CCC1CCCC(NC(=O)[C@@H](N)Cc2c[nH]c3ccccc23)C1.Cl. The summed E-state index contributed by atoms with van der Waals surface area (Å²) in [6.07, 6.45) is 8.43. The summed E-state index contributed by atoms with van der Waals surface area (Å²) in [6, 6.07) is 7.93. The van der Waals surface area contributed by atoms with Gasteiger partial charge in [0.2, 0.25) is 5.91 Å². The number of H-pyrrole nitrogens is 1. The second kappa shape index (κ2) is 8.54. The zero-order valence-corrected chi connectivity index (χ0v) is 15.1. The maximum absolute atomic E-state index is 12.4. The molecule has 3 atom stereocenters. The van der Waals surface area contributed by atoms with Crippen molar-refractivity contribution in [2.75, 3.05) is 0 Å². The van der Waals surface area contributed by atoms with Gasteiger partial charge in [0.25, 0.3) is 0 Å². The molecule has 1 heterocycles. The number of hydrogen-bond donors (Lipinski definition) is 3. The number of carbonyl (C=O) groups is 1. The lowest BCUT2D eigenvalue weighted by Crippen LogP contribution is -2.47. The molecule has 5 heteroatoms. The fourth-order valence-corrected chi connectivity index (χ4v) is 3.73. The highest BCUT2D eigenvalue weighted by molar-refractivity contribution is 5.86. The molecule has 0 radical (unpaired) electrons. The molecule has 1 aromatic heterocycles. The van der Waals surface area contributed by atoms with Crippen molar-refractivity contribution in [3.63, 3.8) is 0 Å². The van der Waals surface area contributed by atoms with Crippen LogP contribution in [0.25, 0.3) is 10.9 Å². The first-order valence-electron chi connectivity index (χ1n) is 8.78. The number of halogens is 1. The average Bonchev–Trinajstić information content (AvgIpc) is 2.98. The van der Waals surface area contributed by atoms with Gasteiger partial charge in [-0.3, -0.25) is 4.79 Å². The smallest absolute Gasteiger partial charge is 0.237 e. The first kappa shape index (κ1) is 18.8. The maximum Gasteiger partial charge on any atom is 0.237 e. The number of benzene rings is 1. The second-order valence-corrected chi connectivity index (χ2v) is 6.82. The Bertz CT molecular complexity index is 669. The van der Waals surface area contributed by atoms with Crippen LogP contribution in [0.4, 0.5) is 0 Å². The Hall–Kier alpha value is -1.52. The summed E-state index contributed by atoms with van der Waals surface area (Å²) >= 11 is 0. The zero-order chi connectivity index (χ0) is 16.2. The van der Waals surface area contributed by atoms with Crippen LogP contribution in [0.15, 0.2) is 30.5 Å². The van der Waals surface area contributed by atoms with E-state index in [1.165, 1.54) is 19.3 Å². The van der Waals surface area contributed by atoms with E-state index in [0.717, 1.165) is 35.2 Å². The van der Waals surface area contributed by atoms with Crippen LogP contribution in [-0.2, 0) is 11.2 Å². The number of carbonyl (C=O) groups excluding carboxylic acids is 1. The minimum atomic E-state index is -0.490. The van der Waals surface area contributed by atoms with Gasteiger partial charge in [0, 0.05) is 23.1 Å². The third-order valence-electron chi connectivity index (χ3n) is 5.16. The number of rotatable bonds is 5. The molecule has 1 saturated carbocycles. The molecule has 1 aliphatic carbocycles. The molecule has 4 nitrogen and oxygen atoms in total. The van der Waals surface area contributed by atoms with Crippen molar-refractivity contribution in [2.24, 2.45) is 11.7 Å². The van der Waals surface area contributed by atoms with E-state index in [0.29, 0.717) is 12.5 Å². The van der Waals surface area contributed by atoms with Crippen LogP contribution in [-0.4, -0.2) is 23.0 Å². The predicted molar refractivity (Wildman–Crippen MR) is 101 cm³/mol. The van der Waals surface area contributed by atoms with Crippen molar-refractivity contribution in [3.8, 4) is 0 Å². The Morgan fingerprint density at radius 3 is 2.96 bits per heavy atom. The van der Waals surface area contributed by atoms with Gasteiger partial charge in [0.1, 0.15) is 0 Å². The quantitative estimate of drug-likeness (QED) is 0.772. The fourth-order valence-electron chi connectivity index (χ4n) is 3.73. The molecule has 3 rings (SSSR count). The van der Waals surface area contributed by atoms with E-state index in [4.69, 9.17) is 5.73 Å². The van der Waals surface area contributed by atoms with E-state index < -0.39 is 6.04 Å². The van der Waals surface area contributed by atoms with Crippen molar-refractivity contribution >= 4 is 29.2 Å². The molecule has 1 aromatic carbocycles. The number of fused-ring (bicyclic) bond motifs is 1. The summed E-state index contributed by atoms with van der Waals surface area (Å²) in [5, 5.41) is 4.32. The van der Waals surface area contributed by atoms with E-state index >= 15 is 0 Å². The highest BCUT2D eigenvalue weighted by Gasteiger charge is 2.24. The third-order valence-corrected chi connectivity index (χ3v) is 5.16. The minimum absolute atomic E-state index is 0. The van der Waals surface area contributed by atoms with Gasteiger partial charge in [-0.1, -0.05) is 44.4 Å². The monoisotopic (exact) mass is 349 g/mol. The van der Waals surface area contributed by atoms with Crippen molar-refractivity contribution in [2.45, 2.75) is 57.5 Å². The fraction of sp³-hybridized carbons (Fsp3) is 0.526. The van der Waals surface area contributed by atoms with Gasteiger partial charge in [0.15, 0.2) is 0 Å². The summed E-state index contributed by atoms with van der Waals surface area (Å²) in [7, 11) is 0. The highest BCUT2D eigenvalue weighted by atomic mass is 35.5. The van der Waals surface area contributed by atoms with E-state index in [1.54, 1.807) is 0 Å². The standard InChI is InChI=1S/C19H27N3O.ClH/c1-2-13-6-5-7-15(10-13)22-19(23)17(20)11-14-12-21-18-9-4-3-8-16(14)18;/h3-4,8-9,12-13,15,17,21H,2,5-7,10-11,20H2,1H3,(H,22,23);1H/t13?,15?,17-;/m0./s1. The first-order valence-corrected chi connectivity index (χ1v) is 8.78. The summed E-state index contributed by atoms with van der Waals surface area (Å²) in [4.78, 5) is 15.7. The van der Waals surface area contributed by atoms with E-state index in [-0.39, 0.29) is 18.3 Å². The van der Waals surface area contributed by atoms with Crippen molar-refractivity contribution in [1.29, 1.82) is 0 Å². The van der Waals surface area contributed by atoms with Crippen LogP contribution in [0.3, 0.4) is 0 Å². The number of nitrogens with one attached hydrogen (secondary N) is 2. The lowest BCUT2D eigenvalue weighted by Gasteiger charge is -2.29. The van der Waals surface area contributed by atoms with Crippen LogP contribution < -0.4 is 11.1 Å². The summed E-state index contributed by atoms with van der Waals surface area (Å²) < 4.78 is 0. The molecule has 4 N–H and O–H groups in total. The molecule has 0 saturated heterocycles. The van der Waals surface area contributed by atoms with Gasteiger partial charge in [-0.15, -0.1) is 12.4 Å². The van der Waals surface area contributed by atoms with Crippen LogP contribution in [0.1, 0.15) is 44.6 Å². The summed E-state index contributed by atoms with van der Waals surface area (Å²) in [5.41, 5.74) is 8.36. The molecule has 0 spiro atoms. The Morgan fingerprint density at radius 2 is 2.17 bits per heavy atom. The van der Waals surface area contributed by atoms with Crippen molar-refractivity contribution in [1.82, 2.24) is 10.3 Å². The van der Waals surface area contributed by atoms with Crippen LogP contribution in [0.2, 0.25) is 0 Å². The van der Waals surface area contributed by atoms with Crippen molar-refractivity contribution in [3.05, 3.63) is 36.0 Å². The average molecular weight is 350 g/mol. The number of nitrogens with two attached hydrogens (primary N) is 1. The van der Waals surface area contributed by atoms with Crippen molar-refractivity contribution < 1.29 is 4.79 Å². The first-order chi connectivity index (χ1) is 11.2. The molecule has 0 aliphatic heterocycles. The Balaban J connectivity index is 0.00000208. The predicted octanol–water partition coefficient (Wildman–Crippen LogP) is 3.54. The number of para-hydroxylation sites is 1. The van der Waals surface area contributed by atoms with Gasteiger partial charge < -0.3 is 16.0 Å². The van der Waals surface area contributed by atoms with Gasteiger partial charge in [-0.05, 0) is 36.8 Å². The molecule has 0 bridgehead atoms. The third kappa shape index (κ3) is 4.31. The lowest BCUT2D eigenvalue weighted by molar-refractivity contribution is -0.123. The van der Waals surface area contributed by atoms with Gasteiger partial charge in [-0.25, -0.2) is 0 Å². The molecule has 2 unspecified atom stereocenters. The van der Waals surface area contributed by atoms with Gasteiger partial charge in [-0.2, -0.15) is 0 Å². The molecule has 1 fully saturated rings. The summed E-state index contributed by atoms with van der Waals surface area (Å²) in [6.45, 7) is 2.23. The maximum atomic E-state index is 12.4. The van der Waals surface area contributed by atoms with Crippen LogP contribution in [0, 0.1) is 5.92 Å². The van der Waals surface area contributed by atoms with Gasteiger partial charge in [0.05, 0.1) is 6.04 Å². The topological polar surface area (TPSA) is 70.9 Å². The number of amides is 1. The van der Waals surface area contributed by atoms with E-state index in [2.05, 4.69) is 23.3 Å². The van der Waals surface area contributed by atoms with Crippen LogP contribution >= 0.6 is 12.4 Å². The van der Waals surface area contributed by atoms with E-state index in [1.807, 2.05) is 24.4 Å². The Labute approximate surface area is 150 Å². The summed E-state index contributed by atoms with van der Waals surface area (Å²) in [5.74, 6) is 0.732. The zero-order valence-electron chi connectivity index (χ0n) is 14.3. The molecule has 2 aromatic rings. The Morgan fingerprint density at radius 1 is 1.38 bits per heavy atom. The molecular weight excluding hydrogens is 322 g/mol. The van der Waals surface area contributed by atoms with E-state index in [9.17, 15) is 4.79 Å². The van der Waals surface area contributed by atoms with Crippen LogP contribution in [0.5, 0.6) is 0 Å². The highest BCUT2D eigenvalue weighted by Crippen LogP contribution is 2.26. The molecule has 1 amide bonds. The number of hydrogen-bond acceptors (Lipinski definition) is 2. The van der Waals surface area contributed by atoms with Gasteiger partial charge >= 0.3 is 0 Å². The molecular formula is C19H28ClN3O. The normalized spacial score (nSPS) is 21.9. The largest absolute Gasteiger partial charge is 0.361 e. The number of aromatic nitrogens is 1.